The van der Waals surface area contributed by atoms with Crippen molar-refractivity contribution >= 4 is 11.6 Å². The molecule has 2 heteroatoms. The van der Waals surface area contributed by atoms with Gasteiger partial charge in [0.2, 0.25) is 0 Å². The lowest BCUT2D eigenvalue weighted by atomic mass is 9.61. The van der Waals surface area contributed by atoms with Crippen molar-refractivity contribution in [2.75, 3.05) is 0 Å². The van der Waals surface area contributed by atoms with Gasteiger partial charge >= 0.3 is 0 Å². The summed E-state index contributed by atoms with van der Waals surface area (Å²) in [5.74, 6) is 0.548. The highest BCUT2D eigenvalue weighted by Crippen LogP contribution is 2.44. The fraction of sp³-hybridized carbons (Fsp3) is 0.636. The third-order valence-electron chi connectivity index (χ3n) is 3.50. The van der Waals surface area contributed by atoms with E-state index in [1.165, 1.54) is 0 Å². The molecule has 1 fully saturated rings. The minimum Gasteiger partial charge on any atom is -0.299 e. The molecule has 2 unspecified atom stereocenters. The largest absolute Gasteiger partial charge is 0.299 e. The van der Waals surface area contributed by atoms with Crippen LogP contribution in [0.4, 0.5) is 0 Å². The molecule has 2 aliphatic carbocycles. The van der Waals surface area contributed by atoms with Gasteiger partial charge in [-0.1, -0.05) is 19.1 Å². The Hall–Kier alpha value is -0.920. The molecule has 2 atom stereocenters. The minimum absolute atomic E-state index is 0.128. The lowest BCUT2D eigenvalue weighted by molar-refractivity contribution is -0.141. The lowest BCUT2D eigenvalue weighted by Crippen LogP contribution is -2.43. The zero-order valence-electron chi connectivity index (χ0n) is 7.88. The van der Waals surface area contributed by atoms with E-state index in [2.05, 4.69) is 12.2 Å². The van der Waals surface area contributed by atoms with Crippen molar-refractivity contribution in [3.8, 4) is 0 Å². The van der Waals surface area contributed by atoms with E-state index in [9.17, 15) is 9.59 Å². The standard InChI is InChI=1S/C11H14O2/c1-11-5-3-2-4-8(11)6-9(12)7-10(11)13/h2-3,8H,4-7H2,1H3. The van der Waals surface area contributed by atoms with Gasteiger partial charge in [0.1, 0.15) is 11.6 Å². The van der Waals surface area contributed by atoms with Gasteiger partial charge in [0.25, 0.3) is 0 Å². The Kier molecular flexibility index (Phi) is 1.86. The number of ketones is 2. The summed E-state index contributed by atoms with van der Waals surface area (Å²) in [6.45, 7) is 2.01. The van der Waals surface area contributed by atoms with E-state index in [-0.39, 0.29) is 29.3 Å². The number of hydrogen-bond donors (Lipinski definition) is 0. The van der Waals surface area contributed by atoms with E-state index < -0.39 is 0 Å². The Bertz CT molecular complexity index is 290. The van der Waals surface area contributed by atoms with E-state index in [0.29, 0.717) is 6.42 Å². The van der Waals surface area contributed by atoms with Crippen molar-refractivity contribution in [1.29, 1.82) is 0 Å². The Labute approximate surface area is 78.0 Å². The summed E-state index contributed by atoms with van der Waals surface area (Å²) in [6, 6.07) is 0. The monoisotopic (exact) mass is 178 g/mol. The van der Waals surface area contributed by atoms with Crippen molar-refractivity contribution in [1.82, 2.24) is 0 Å². The molecule has 0 saturated heterocycles. The van der Waals surface area contributed by atoms with Gasteiger partial charge in [-0.25, -0.2) is 0 Å². The molecule has 0 aliphatic heterocycles. The number of fused-ring (bicyclic) bond motifs is 1. The van der Waals surface area contributed by atoms with Crippen LogP contribution in [0.1, 0.15) is 32.6 Å². The van der Waals surface area contributed by atoms with Crippen LogP contribution in [-0.2, 0) is 9.59 Å². The number of rotatable bonds is 0. The van der Waals surface area contributed by atoms with Crippen molar-refractivity contribution in [3.05, 3.63) is 12.2 Å². The zero-order valence-corrected chi connectivity index (χ0v) is 7.88. The summed E-state index contributed by atoms with van der Waals surface area (Å²) in [6.07, 6.45) is 6.66. The molecule has 0 radical (unpaired) electrons. The lowest BCUT2D eigenvalue weighted by Gasteiger charge is -2.40. The number of Topliss-reactive ketones (excluding diaryl/α,β-unsaturated/α-hetero) is 2. The molecule has 2 aliphatic rings. The normalized spacial score (nSPS) is 39.0. The molecule has 13 heavy (non-hydrogen) atoms. The number of carbonyl (C=O) groups excluding carboxylic acids is 2. The molecule has 70 valence electrons. The fourth-order valence-electron chi connectivity index (χ4n) is 2.39. The van der Waals surface area contributed by atoms with E-state index in [1.54, 1.807) is 0 Å². The second kappa shape index (κ2) is 2.79. The third kappa shape index (κ3) is 1.25. The van der Waals surface area contributed by atoms with Crippen molar-refractivity contribution in [3.63, 3.8) is 0 Å². The van der Waals surface area contributed by atoms with Gasteiger partial charge in [-0.15, -0.1) is 0 Å². The first-order chi connectivity index (χ1) is 6.13. The maximum atomic E-state index is 11.7. The van der Waals surface area contributed by atoms with Crippen LogP contribution >= 0.6 is 0 Å². The van der Waals surface area contributed by atoms with Crippen molar-refractivity contribution in [2.45, 2.75) is 32.6 Å². The molecule has 2 nitrogen and oxygen atoms in total. The highest BCUT2D eigenvalue weighted by Gasteiger charge is 2.45. The summed E-state index contributed by atoms with van der Waals surface area (Å²) in [7, 11) is 0. The van der Waals surface area contributed by atoms with Crippen molar-refractivity contribution in [2.24, 2.45) is 11.3 Å². The summed E-state index contributed by atoms with van der Waals surface area (Å²) in [5, 5.41) is 0. The summed E-state index contributed by atoms with van der Waals surface area (Å²) in [5.41, 5.74) is -0.233. The zero-order chi connectivity index (χ0) is 9.47. The van der Waals surface area contributed by atoms with E-state index in [4.69, 9.17) is 0 Å². The van der Waals surface area contributed by atoms with Gasteiger partial charge in [0.15, 0.2) is 0 Å². The Morgan fingerprint density at radius 2 is 2.15 bits per heavy atom. The van der Waals surface area contributed by atoms with Gasteiger partial charge in [-0.2, -0.15) is 0 Å². The topological polar surface area (TPSA) is 34.1 Å². The maximum absolute atomic E-state index is 11.7. The second-order valence-electron chi connectivity index (χ2n) is 4.37. The van der Waals surface area contributed by atoms with Gasteiger partial charge in [-0.3, -0.25) is 9.59 Å². The van der Waals surface area contributed by atoms with Crippen molar-refractivity contribution < 1.29 is 9.59 Å². The molecule has 0 aromatic rings. The first kappa shape index (κ1) is 8.67. The second-order valence-corrected chi connectivity index (χ2v) is 4.37. The first-order valence-electron chi connectivity index (χ1n) is 4.83. The van der Waals surface area contributed by atoms with E-state index in [0.717, 1.165) is 12.8 Å². The summed E-state index contributed by atoms with van der Waals surface area (Å²) < 4.78 is 0. The molecule has 0 amide bonds. The molecule has 0 bridgehead atoms. The quantitative estimate of drug-likeness (QED) is 0.419. The van der Waals surface area contributed by atoms with Crippen LogP contribution in [-0.4, -0.2) is 11.6 Å². The molecular weight excluding hydrogens is 164 g/mol. The average Bonchev–Trinajstić information content (AvgIpc) is 2.07. The molecule has 2 rings (SSSR count). The van der Waals surface area contributed by atoms with Crippen LogP contribution in [0.3, 0.4) is 0 Å². The molecule has 0 N–H and O–H groups in total. The molecule has 0 aromatic heterocycles. The SMILES string of the molecule is CC12CC=CCC1CC(=O)CC2=O. The predicted molar refractivity (Wildman–Crippen MR) is 49.2 cm³/mol. The highest BCUT2D eigenvalue weighted by molar-refractivity contribution is 6.04. The van der Waals surface area contributed by atoms with Gasteiger partial charge in [0.05, 0.1) is 6.42 Å². The highest BCUT2D eigenvalue weighted by atomic mass is 16.2. The van der Waals surface area contributed by atoms with Crippen LogP contribution in [0.15, 0.2) is 12.2 Å². The number of carbonyl (C=O) groups is 2. The Morgan fingerprint density at radius 1 is 1.38 bits per heavy atom. The van der Waals surface area contributed by atoms with E-state index >= 15 is 0 Å². The maximum Gasteiger partial charge on any atom is 0.146 e. The van der Waals surface area contributed by atoms with Crippen LogP contribution < -0.4 is 0 Å². The predicted octanol–water partition coefficient (Wildman–Crippen LogP) is 1.89. The fourth-order valence-corrected chi connectivity index (χ4v) is 2.39. The molecule has 1 saturated carbocycles. The molecule has 0 heterocycles. The van der Waals surface area contributed by atoms with Crippen LogP contribution in [0.25, 0.3) is 0 Å². The van der Waals surface area contributed by atoms with Gasteiger partial charge in [0, 0.05) is 11.8 Å². The summed E-state index contributed by atoms with van der Waals surface area (Å²) >= 11 is 0. The van der Waals surface area contributed by atoms with Crippen LogP contribution in [0.5, 0.6) is 0 Å². The Morgan fingerprint density at radius 3 is 2.92 bits per heavy atom. The molecular formula is C11H14O2. The first-order valence-corrected chi connectivity index (χ1v) is 4.83. The molecule has 0 spiro atoms. The van der Waals surface area contributed by atoms with Gasteiger partial charge < -0.3 is 0 Å². The molecule has 0 aromatic carbocycles. The minimum atomic E-state index is -0.233. The third-order valence-corrected chi connectivity index (χ3v) is 3.50. The number of allylic oxidation sites excluding steroid dienone is 2. The Balaban J connectivity index is 2.31. The van der Waals surface area contributed by atoms with E-state index in [1.807, 2.05) is 6.92 Å². The van der Waals surface area contributed by atoms with Crippen LogP contribution in [0, 0.1) is 11.3 Å². The summed E-state index contributed by atoms with van der Waals surface area (Å²) in [4.78, 5) is 22.9. The van der Waals surface area contributed by atoms with Crippen LogP contribution in [0.2, 0.25) is 0 Å². The number of hydrogen-bond acceptors (Lipinski definition) is 2. The smallest absolute Gasteiger partial charge is 0.146 e. The average molecular weight is 178 g/mol. The van der Waals surface area contributed by atoms with Gasteiger partial charge in [-0.05, 0) is 18.8 Å².